The van der Waals surface area contributed by atoms with Gasteiger partial charge in [0, 0.05) is 49.1 Å². The van der Waals surface area contributed by atoms with Crippen LogP contribution in [0.5, 0.6) is 23.0 Å². The second-order valence-corrected chi connectivity index (χ2v) is 14.4. The molecule has 3 amide bonds. The highest BCUT2D eigenvalue weighted by molar-refractivity contribution is 6.16. The highest BCUT2D eigenvalue weighted by Crippen LogP contribution is 2.44. The molecular weight excluding hydrogens is 729 g/mol. The van der Waals surface area contributed by atoms with Crippen molar-refractivity contribution < 1.29 is 42.9 Å². The molecule has 4 aromatic rings. The van der Waals surface area contributed by atoms with Crippen molar-refractivity contribution in [2.24, 2.45) is 4.99 Å². The third-order valence-electron chi connectivity index (χ3n) is 11.0. The first-order valence-electron chi connectivity index (χ1n) is 19.2. The number of para-hydroxylation sites is 2. The molecule has 0 N–H and O–H groups in total. The van der Waals surface area contributed by atoms with Gasteiger partial charge >= 0.3 is 5.97 Å². The normalized spacial score (nSPS) is 17.4. The first kappa shape index (κ1) is 37.5. The minimum Gasteiger partial charge on any atom is -0.493 e. The molecule has 2 atom stereocenters. The fourth-order valence-electron chi connectivity index (χ4n) is 8.15. The number of ether oxygens (including phenoxy) is 5. The van der Waals surface area contributed by atoms with Crippen LogP contribution in [0.1, 0.15) is 63.9 Å². The number of anilines is 3. The van der Waals surface area contributed by atoms with Gasteiger partial charge in [-0.1, -0.05) is 36.4 Å². The van der Waals surface area contributed by atoms with E-state index in [1.54, 1.807) is 46.1 Å². The zero-order chi connectivity index (χ0) is 39.6. The van der Waals surface area contributed by atoms with Gasteiger partial charge in [-0.3, -0.25) is 29.1 Å². The predicted octanol–water partition coefficient (Wildman–Crippen LogP) is 6.49. The Morgan fingerprint density at radius 1 is 0.684 bits per heavy atom. The maximum absolute atomic E-state index is 14.2. The van der Waals surface area contributed by atoms with Crippen molar-refractivity contribution in [3.63, 3.8) is 0 Å². The maximum Gasteiger partial charge on any atom is 0.306 e. The first-order valence-corrected chi connectivity index (χ1v) is 19.2. The van der Waals surface area contributed by atoms with E-state index in [4.69, 9.17) is 28.7 Å². The Morgan fingerprint density at radius 3 is 1.98 bits per heavy atom. The molecule has 13 heteroatoms. The van der Waals surface area contributed by atoms with Crippen molar-refractivity contribution in [3.8, 4) is 23.0 Å². The van der Waals surface area contributed by atoms with Gasteiger partial charge in [0.1, 0.15) is 0 Å². The largest absolute Gasteiger partial charge is 0.493 e. The van der Waals surface area contributed by atoms with E-state index in [1.807, 2.05) is 54.7 Å². The Labute approximate surface area is 330 Å². The monoisotopic (exact) mass is 772 g/mol. The molecule has 0 aromatic heterocycles. The summed E-state index contributed by atoms with van der Waals surface area (Å²) in [6.07, 6.45) is 5.19. The van der Waals surface area contributed by atoms with Gasteiger partial charge in [0.2, 0.25) is 5.91 Å². The lowest BCUT2D eigenvalue weighted by Crippen LogP contribution is -2.44. The molecule has 4 heterocycles. The number of carbonyl (C=O) groups is 4. The van der Waals surface area contributed by atoms with E-state index in [1.165, 1.54) is 14.2 Å². The number of carbonyl (C=O) groups excluding carboxylic acids is 4. The van der Waals surface area contributed by atoms with Crippen LogP contribution in [-0.2, 0) is 27.2 Å². The Bertz CT molecular complexity index is 2270. The summed E-state index contributed by atoms with van der Waals surface area (Å²) in [4.78, 5) is 63.5. The lowest BCUT2D eigenvalue weighted by Gasteiger charge is -2.27. The minimum atomic E-state index is -0.483. The lowest BCUT2D eigenvalue weighted by molar-refractivity contribution is -0.141. The van der Waals surface area contributed by atoms with Crippen molar-refractivity contribution in [2.75, 3.05) is 55.8 Å². The van der Waals surface area contributed by atoms with Gasteiger partial charge in [0.05, 0.1) is 75.5 Å². The number of hydrogen-bond donors (Lipinski definition) is 0. The second-order valence-electron chi connectivity index (χ2n) is 14.4. The fourth-order valence-corrected chi connectivity index (χ4v) is 8.15. The summed E-state index contributed by atoms with van der Waals surface area (Å²) in [5.41, 5.74) is 5.62. The maximum atomic E-state index is 14.2. The Morgan fingerprint density at radius 2 is 1.30 bits per heavy atom. The van der Waals surface area contributed by atoms with Crippen molar-refractivity contribution >= 4 is 52.7 Å². The Kier molecular flexibility index (Phi) is 10.5. The molecule has 294 valence electrons. The number of esters is 1. The molecular formula is C44H44N4O9. The standard InChI is InChI=1S/C44H44N4O9/c1-53-37-21-31-33(45-25-29-19-27-11-5-7-13-34(27)47(29)43(31)51)23-39(37)56-17-9-4-10-18-57-40-24-36-32(22-38(40)54-2)44(52)48-30(20-28-12-6-8-14-35(28)48)26-46(36)41(49)15-16-42(50)55-3/h5-8,11-14,21-25,29-30H,4,9-10,15-20,26H2,1-3H3/t29-,30-/m0/s1. The number of rotatable bonds is 13. The van der Waals surface area contributed by atoms with Gasteiger partial charge in [-0.05, 0) is 61.1 Å². The number of fused-ring (bicyclic) bond motifs is 8. The summed E-state index contributed by atoms with van der Waals surface area (Å²) < 4.78 is 28.5. The predicted molar refractivity (Wildman–Crippen MR) is 214 cm³/mol. The van der Waals surface area contributed by atoms with Crippen LogP contribution in [0, 0.1) is 0 Å². The SMILES string of the molecule is COC(=O)CCC(=O)N1C[C@@H]2Cc3ccccc3N2C(=O)c2cc(OC)c(OCCCCCOc3cc4c(cc3OC)C(=O)N3c5ccccc5C[C@H]3C=N4)cc21. The third-order valence-corrected chi connectivity index (χ3v) is 11.0. The number of methoxy groups -OCH3 is 3. The molecule has 0 aliphatic carbocycles. The smallest absolute Gasteiger partial charge is 0.306 e. The van der Waals surface area contributed by atoms with Gasteiger partial charge in [-0.15, -0.1) is 0 Å². The van der Waals surface area contributed by atoms with E-state index in [0.29, 0.717) is 78.0 Å². The van der Waals surface area contributed by atoms with Crippen LogP contribution in [0.4, 0.5) is 22.7 Å². The molecule has 57 heavy (non-hydrogen) atoms. The second kappa shape index (κ2) is 16.0. The van der Waals surface area contributed by atoms with Gasteiger partial charge in [-0.2, -0.15) is 0 Å². The van der Waals surface area contributed by atoms with Crippen LogP contribution in [0.15, 0.2) is 77.8 Å². The number of hydrogen-bond acceptors (Lipinski definition) is 10. The number of amides is 3. The molecule has 8 rings (SSSR count). The molecule has 0 saturated carbocycles. The highest BCUT2D eigenvalue weighted by atomic mass is 16.5. The van der Waals surface area contributed by atoms with Crippen LogP contribution < -0.4 is 33.6 Å². The van der Waals surface area contributed by atoms with Gasteiger partial charge < -0.3 is 33.5 Å². The summed E-state index contributed by atoms with van der Waals surface area (Å²) >= 11 is 0. The molecule has 4 aliphatic heterocycles. The summed E-state index contributed by atoms with van der Waals surface area (Å²) in [6.45, 7) is 1.01. The Balaban J connectivity index is 0.919. The van der Waals surface area contributed by atoms with E-state index in [0.717, 1.165) is 35.3 Å². The van der Waals surface area contributed by atoms with Crippen LogP contribution in [0.2, 0.25) is 0 Å². The molecule has 0 saturated heterocycles. The summed E-state index contributed by atoms with van der Waals surface area (Å²) in [5, 5.41) is 0. The zero-order valence-electron chi connectivity index (χ0n) is 32.2. The van der Waals surface area contributed by atoms with Crippen LogP contribution in [0.3, 0.4) is 0 Å². The van der Waals surface area contributed by atoms with E-state index in [2.05, 4.69) is 0 Å². The van der Waals surface area contributed by atoms with Crippen molar-refractivity contribution in [2.45, 2.75) is 57.0 Å². The average molecular weight is 773 g/mol. The topological polar surface area (TPSA) is 137 Å². The van der Waals surface area contributed by atoms with E-state index in [-0.39, 0.29) is 49.2 Å². The molecule has 0 radical (unpaired) electrons. The summed E-state index contributed by atoms with van der Waals surface area (Å²) in [6, 6.07) is 22.1. The van der Waals surface area contributed by atoms with E-state index in [9.17, 15) is 19.2 Å². The first-order chi connectivity index (χ1) is 27.8. The molecule has 0 bridgehead atoms. The molecule has 4 aromatic carbocycles. The number of nitrogens with zero attached hydrogens (tertiary/aromatic N) is 4. The molecule has 0 fully saturated rings. The molecule has 4 aliphatic rings. The molecule has 0 unspecified atom stereocenters. The van der Waals surface area contributed by atoms with Gasteiger partial charge in [0.15, 0.2) is 23.0 Å². The van der Waals surface area contributed by atoms with Crippen LogP contribution >= 0.6 is 0 Å². The highest BCUT2D eigenvalue weighted by Gasteiger charge is 2.42. The Hall–Kier alpha value is -6.37. The van der Waals surface area contributed by atoms with Gasteiger partial charge in [-0.25, -0.2) is 0 Å². The van der Waals surface area contributed by atoms with Crippen molar-refractivity contribution in [1.82, 2.24) is 0 Å². The van der Waals surface area contributed by atoms with Crippen LogP contribution in [-0.4, -0.2) is 83.1 Å². The lowest BCUT2D eigenvalue weighted by atomic mass is 10.1. The van der Waals surface area contributed by atoms with Crippen molar-refractivity contribution in [1.29, 1.82) is 0 Å². The third kappa shape index (κ3) is 7.13. The van der Waals surface area contributed by atoms with E-state index >= 15 is 0 Å². The number of aliphatic imine (C=N–C) groups is 1. The molecule has 13 nitrogen and oxygen atoms in total. The van der Waals surface area contributed by atoms with E-state index < -0.39 is 5.97 Å². The quantitative estimate of drug-likeness (QED) is 0.110. The summed E-state index contributed by atoms with van der Waals surface area (Å²) in [5.74, 6) is 0.624. The van der Waals surface area contributed by atoms with Crippen molar-refractivity contribution in [3.05, 3.63) is 95.1 Å². The van der Waals surface area contributed by atoms with Crippen LogP contribution in [0.25, 0.3) is 0 Å². The number of unbranched alkanes of at least 4 members (excludes halogenated alkanes) is 2. The summed E-state index contributed by atoms with van der Waals surface area (Å²) in [7, 11) is 4.36. The fraction of sp³-hybridized carbons (Fsp3) is 0.341. The average Bonchev–Trinajstić information content (AvgIpc) is 3.73. The number of benzene rings is 4. The molecule has 0 spiro atoms. The minimum absolute atomic E-state index is 0.0684. The van der Waals surface area contributed by atoms with Gasteiger partial charge in [0.25, 0.3) is 11.8 Å². The zero-order valence-corrected chi connectivity index (χ0v) is 32.2.